The molecule has 1 aromatic carbocycles. The molecule has 2 aromatic rings. The highest BCUT2D eigenvalue weighted by molar-refractivity contribution is 7.13. The van der Waals surface area contributed by atoms with Crippen molar-refractivity contribution < 1.29 is 23.9 Å². The minimum atomic E-state index is -0.820. The van der Waals surface area contributed by atoms with Crippen LogP contribution in [0.1, 0.15) is 67.3 Å². The molecule has 0 bridgehead atoms. The van der Waals surface area contributed by atoms with E-state index in [0.717, 1.165) is 67.3 Å². The fourth-order valence-electron chi connectivity index (χ4n) is 6.37. The predicted molar refractivity (Wildman–Crippen MR) is 163 cm³/mol. The zero-order valence-electron chi connectivity index (χ0n) is 24.3. The maximum Gasteiger partial charge on any atom is 0.410 e. The number of unbranched alkanes of at least 4 members (excludes halogenated alkanes) is 1. The van der Waals surface area contributed by atoms with Crippen LogP contribution in [0.4, 0.5) is 9.93 Å². The highest BCUT2D eigenvalue weighted by Crippen LogP contribution is 2.34. The highest BCUT2D eigenvalue weighted by Gasteiger charge is 2.46. The summed E-state index contributed by atoms with van der Waals surface area (Å²) in [5.74, 6) is -0.550. The minimum Gasteiger partial charge on any atom is -0.467 e. The van der Waals surface area contributed by atoms with Crippen molar-refractivity contribution in [3.8, 4) is 0 Å². The van der Waals surface area contributed by atoms with E-state index in [-0.39, 0.29) is 24.8 Å². The normalized spacial score (nSPS) is 20.7. The third-order valence-corrected chi connectivity index (χ3v) is 9.42. The predicted octanol–water partition coefficient (Wildman–Crippen LogP) is 5.56. The summed E-state index contributed by atoms with van der Waals surface area (Å²) in [6, 6.07) is 4.59. The average molecular weight is 593 g/mol. The number of amides is 2. The Bertz CT molecular complexity index is 1320. The third kappa shape index (κ3) is 6.53. The number of nitrogens with zero attached hydrogens (tertiary/aromatic N) is 3. The molecule has 9 nitrogen and oxygen atoms in total. The number of hydrogen-bond acceptors (Lipinski definition) is 8. The standard InChI is InChI=1S/C32H40N4O5S/c1-4-6-7-15-24-20-42-31(33-24)34-28(22-11-8-9-12-22)29(37)36-18-25(16-27(36)30(38)40-3)41-32(39)35-17-23-14-10-13-21(5-2)26(23)19-35/h4-5,10,13-14,20,22,25,27-28H,1-2,6-9,11-12,15-19H2,3H3,(H,33,34)/t25-,27+,28+/m1/s1. The van der Waals surface area contributed by atoms with Crippen LogP contribution < -0.4 is 5.32 Å². The first-order valence-corrected chi connectivity index (χ1v) is 15.7. The number of allylic oxidation sites excluding steroid dienone is 1. The van der Waals surface area contributed by atoms with Gasteiger partial charge in [0.1, 0.15) is 18.2 Å². The van der Waals surface area contributed by atoms with E-state index in [9.17, 15) is 14.4 Å². The number of fused-ring (bicyclic) bond motifs is 1. The van der Waals surface area contributed by atoms with Gasteiger partial charge in [0, 0.05) is 18.3 Å². The minimum absolute atomic E-state index is 0.132. The van der Waals surface area contributed by atoms with Crippen molar-refractivity contribution in [2.24, 2.45) is 5.92 Å². The third-order valence-electron chi connectivity index (χ3n) is 8.59. The number of aryl methyl sites for hydroxylation is 1. The van der Waals surface area contributed by atoms with Gasteiger partial charge in [0.05, 0.1) is 25.9 Å². The molecule has 1 saturated heterocycles. The lowest BCUT2D eigenvalue weighted by Crippen LogP contribution is -2.50. The van der Waals surface area contributed by atoms with Crippen LogP contribution in [0.15, 0.2) is 42.8 Å². The van der Waals surface area contributed by atoms with Gasteiger partial charge in [-0.25, -0.2) is 14.6 Å². The van der Waals surface area contributed by atoms with Gasteiger partial charge >= 0.3 is 12.1 Å². The van der Waals surface area contributed by atoms with E-state index in [0.29, 0.717) is 18.2 Å². The summed E-state index contributed by atoms with van der Waals surface area (Å²) < 4.78 is 11.0. The summed E-state index contributed by atoms with van der Waals surface area (Å²) in [5.41, 5.74) is 4.13. The van der Waals surface area contributed by atoms with E-state index in [1.165, 1.54) is 18.4 Å². The molecule has 0 unspecified atom stereocenters. The summed E-state index contributed by atoms with van der Waals surface area (Å²) in [7, 11) is 1.32. The second kappa shape index (κ2) is 13.5. The lowest BCUT2D eigenvalue weighted by atomic mass is 9.96. The van der Waals surface area contributed by atoms with Gasteiger partial charge in [0.2, 0.25) is 5.91 Å². The van der Waals surface area contributed by atoms with Crippen LogP contribution in [-0.4, -0.2) is 64.6 Å². The van der Waals surface area contributed by atoms with Gasteiger partial charge in [0.15, 0.2) is 5.13 Å². The van der Waals surface area contributed by atoms with Crippen molar-refractivity contribution in [3.05, 3.63) is 65.2 Å². The fourth-order valence-corrected chi connectivity index (χ4v) is 7.15. The van der Waals surface area contributed by atoms with E-state index in [1.807, 2.05) is 29.7 Å². The number of rotatable bonds is 11. The number of anilines is 1. The molecule has 1 aliphatic carbocycles. The molecule has 3 heterocycles. The maximum absolute atomic E-state index is 14.2. The molecule has 1 saturated carbocycles. The molecular weight excluding hydrogens is 552 g/mol. The summed E-state index contributed by atoms with van der Waals surface area (Å²) >= 11 is 1.50. The van der Waals surface area contributed by atoms with Crippen LogP contribution >= 0.6 is 11.3 Å². The van der Waals surface area contributed by atoms with Crippen LogP contribution in [-0.2, 0) is 38.6 Å². The van der Waals surface area contributed by atoms with Gasteiger partial charge in [-0.15, -0.1) is 17.9 Å². The van der Waals surface area contributed by atoms with Crippen molar-refractivity contribution in [3.63, 3.8) is 0 Å². The van der Waals surface area contributed by atoms with E-state index in [1.54, 1.807) is 15.9 Å². The fraction of sp³-hybridized carbons (Fsp3) is 0.500. The second-order valence-corrected chi connectivity index (χ2v) is 12.2. The lowest BCUT2D eigenvalue weighted by Gasteiger charge is -2.30. The number of likely N-dealkylation sites (tertiary alicyclic amines) is 1. The summed E-state index contributed by atoms with van der Waals surface area (Å²) in [5, 5.41) is 6.16. The van der Waals surface area contributed by atoms with Gasteiger partial charge in [0.25, 0.3) is 0 Å². The SMILES string of the molecule is C=CCCCc1csc(N[C@H](C(=O)N2C[C@H](OC(=O)N3Cc4cccc(C=C)c4C3)C[C@H]2C(=O)OC)C2CCCC2)n1. The molecule has 2 fully saturated rings. The Balaban J connectivity index is 1.28. The molecular formula is C32H40N4O5S. The van der Waals surface area contributed by atoms with Crippen molar-refractivity contribution >= 4 is 40.5 Å². The summed E-state index contributed by atoms with van der Waals surface area (Å²) in [6.45, 7) is 8.67. The number of aromatic nitrogens is 1. The first kappa shape index (κ1) is 29.8. The Morgan fingerprint density at radius 1 is 1.21 bits per heavy atom. The molecule has 224 valence electrons. The number of esters is 1. The number of carbonyl (C=O) groups is 3. The van der Waals surface area contributed by atoms with Gasteiger partial charge < -0.3 is 19.7 Å². The van der Waals surface area contributed by atoms with Crippen molar-refractivity contribution in [1.29, 1.82) is 0 Å². The number of benzene rings is 1. The van der Waals surface area contributed by atoms with Crippen LogP contribution in [0, 0.1) is 5.92 Å². The van der Waals surface area contributed by atoms with Crippen LogP contribution in [0.5, 0.6) is 0 Å². The second-order valence-electron chi connectivity index (χ2n) is 11.3. The van der Waals surface area contributed by atoms with Gasteiger partial charge in [-0.3, -0.25) is 9.69 Å². The van der Waals surface area contributed by atoms with Gasteiger partial charge in [-0.1, -0.05) is 49.8 Å². The maximum atomic E-state index is 14.2. The molecule has 0 radical (unpaired) electrons. The Kier molecular flexibility index (Phi) is 9.62. The molecule has 42 heavy (non-hydrogen) atoms. The van der Waals surface area contributed by atoms with E-state index < -0.39 is 30.3 Å². The van der Waals surface area contributed by atoms with Crippen LogP contribution in [0.2, 0.25) is 0 Å². The molecule has 3 aliphatic rings. The molecule has 5 rings (SSSR count). The zero-order valence-corrected chi connectivity index (χ0v) is 25.1. The Hall–Kier alpha value is -3.66. The molecule has 2 amide bonds. The topological polar surface area (TPSA) is 101 Å². The molecule has 1 N–H and O–H groups in total. The Morgan fingerprint density at radius 2 is 2.02 bits per heavy atom. The molecule has 0 spiro atoms. The van der Waals surface area contributed by atoms with Crippen LogP contribution in [0.25, 0.3) is 6.08 Å². The molecule has 3 atom stereocenters. The van der Waals surface area contributed by atoms with E-state index in [4.69, 9.17) is 14.5 Å². The highest BCUT2D eigenvalue weighted by atomic mass is 32.1. The largest absolute Gasteiger partial charge is 0.467 e. The molecule has 10 heteroatoms. The van der Waals surface area contributed by atoms with E-state index >= 15 is 0 Å². The Labute approximate surface area is 251 Å². The average Bonchev–Trinajstić information content (AvgIpc) is 3.81. The quantitative estimate of drug-likeness (QED) is 0.207. The number of methoxy groups -OCH3 is 1. The monoisotopic (exact) mass is 592 g/mol. The number of nitrogens with one attached hydrogen (secondary N) is 1. The Morgan fingerprint density at radius 3 is 2.76 bits per heavy atom. The number of carbonyl (C=O) groups excluding carboxylic acids is 3. The van der Waals surface area contributed by atoms with Crippen LogP contribution in [0.3, 0.4) is 0 Å². The summed E-state index contributed by atoms with van der Waals surface area (Å²) in [6.07, 6.45) is 9.57. The first-order valence-electron chi connectivity index (χ1n) is 14.8. The lowest BCUT2D eigenvalue weighted by molar-refractivity contribution is -0.151. The van der Waals surface area contributed by atoms with Crippen molar-refractivity contribution in [2.45, 2.75) is 82.6 Å². The number of thiazole rings is 1. The summed E-state index contributed by atoms with van der Waals surface area (Å²) in [4.78, 5) is 48.1. The smallest absolute Gasteiger partial charge is 0.410 e. The molecule has 2 aliphatic heterocycles. The number of ether oxygens (including phenoxy) is 2. The van der Waals surface area contributed by atoms with E-state index in [2.05, 4.69) is 18.5 Å². The van der Waals surface area contributed by atoms with Gasteiger partial charge in [-0.2, -0.15) is 0 Å². The first-order chi connectivity index (χ1) is 20.4. The van der Waals surface area contributed by atoms with Crippen molar-refractivity contribution in [2.75, 3.05) is 19.0 Å². The van der Waals surface area contributed by atoms with Crippen molar-refractivity contribution in [1.82, 2.24) is 14.8 Å². The zero-order chi connectivity index (χ0) is 29.6. The number of hydrogen-bond donors (Lipinski definition) is 1. The molecule has 1 aromatic heterocycles. The van der Waals surface area contributed by atoms with Gasteiger partial charge in [-0.05, 0) is 54.7 Å².